The second-order valence-corrected chi connectivity index (χ2v) is 6.88. The van der Waals surface area contributed by atoms with E-state index in [4.69, 9.17) is 11.5 Å². The van der Waals surface area contributed by atoms with Gasteiger partial charge in [0.15, 0.2) is 0 Å². The van der Waals surface area contributed by atoms with Crippen LogP contribution in [0.5, 0.6) is 5.75 Å². The van der Waals surface area contributed by atoms with Gasteiger partial charge >= 0.3 is 5.97 Å². The molecule has 0 unspecified atom stereocenters. The van der Waals surface area contributed by atoms with Gasteiger partial charge in [0.1, 0.15) is 23.9 Å². The van der Waals surface area contributed by atoms with E-state index in [2.05, 4.69) is 10.6 Å². The molecular weight excluding hydrogens is 380 g/mol. The first-order valence-electron chi connectivity index (χ1n) is 9.40. The van der Waals surface area contributed by atoms with E-state index in [-0.39, 0.29) is 18.6 Å². The zero-order chi connectivity index (χ0) is 22.0. The molecule has 0 radical (unpaired) electrons. The lowest BCUT2D eigenvalue weighted by Gasteiger charge is -2.23. The molecule has 1 aromatic rings. The Labute approximate surface area is 169 Å². The molecule has 0 fully saturated rings. The fourth-order valence-electron chi connectivity index (χ4n) is 2.59. The van der Waals surface area contributed by atoms with Crippen LogP contribution in [-0.4, -0.2) is 63.9 Å². The smallest absolute Gasteiger partial charge is 0.326 e. The third-order valence-corrected chi connectivity index (χ3v) is 4.39. The zero-order valence-corrected chi connectivity index (χ0v) is 16.4. The number of aromatic hydroxyl groups is 1. The number of carbonyl (C=O) groups is 3. The Hall–Kier alpha value is -2.69. The minimum atomic E-state index is -1.24. The van der Waals surface area contributed by atoms with Crippen molar-refractivity contribution in [2.24, 2.45) is 11.5 Å². The number of unbranched alkanes of at least 4 members (excludes halogenated alkanes) is 1. The number of aliphatic hydroxyl groups excluding tert-OH is 1. The number of aliphatic hydroxyl groups is 1. The molecule has 0 saturated heterocycles. The van der Waals surface area contributed by atoms with Gasteiger partial charge in [-0.1, -0.05) is 12.1 Å². The topological polar surface area (TPSA) is 188 Å². The van der Waals surface area contributed by atoms with E-state index >= 15 is 0 Å². The third kappa shape index (κ3) is 8.46. The number of hydrogen-bond acceptors (Lipinski definition) is 7. The molecular formula is C19H30N4O6. The molecule has 162 valence electrons. The van der Waals surface area contributed by atoms with Crippen LogP contribution in [0.3, 0.4) is 0 Å². The van der Waals surface area contributed by atoms with Gasteiger partial charge in [-0.05, 0) is 50.4 Å². The van der Waals surface area contributed by atoms with Crippen LogP contribution in [0.2, 0.25) is 0 Å². The van der Waals surface area contributed by atoms with E-state index in [1.807, 2.05) is 0 Å². The molecule has 29 heavy (non-hydrogen) atoms. The molecule has 0 aromatic heterocycles. The van der Waals surface area contributed by atoms with Crippen molar-refractivity contribution in [2.75, 3.05) is 6.54 Å². The highest BCUT2D eigenvalue weighted by Gasteiger charge is 2.29. The summed E-state index contributed by atoms with van der Waals surface area (Å²) >= 11 is 0. The standard InChI is InChI=1S/C19H30N4O6/c1-11(24)16(21)18(27)22-14(4-2-3-9-20)17(26)23-15(19(28)29)10-12-5-7-13(25)8-6-12/h5-8,11,14-16,24-25H,2-4,9-10,20-21H2,1H3,(H,22,27)(H,23,26)(H,28,29)/t11-,14+,15+,16+/m1/s1. The number of nitrogens with one attached hydrogen (secondary N) is 2. The fourth-order valence-corrected chi connectivity index (χ4v) is 2.59. The molecule has 1 rings (SSSR count). The number of amides is 2. The van der Waals surface area contributed by atoms with Crippen LogP contribution in [0.25, 0.3) is 0 Å². The summed E-state index contributed by atoms with van der Waals surface area (Å²) in [6, 6.07) is 2.49. The Morgan fingerprint density at radius 3 is 2.14 bits per heavy atom. The third-order valence-electron chi connectivity index (χ3n) is 4.39. The number of carboxylic acids is 1. The molecule has 0 aliphatic rings. The quantitative estimate of drug-likeness (QED) is 0.210. The van der Waals surface area contributed by atoms with Crippen LogP contribution in [0.4, 0.5) is 0 Å². The molecule has 0 saturated carbocycles. The number of aliphatic carboxylic acids is 1. The highest BCUT2D eigenvalue weighted by molar-refractivity contribution is 5.92. The fraction of sp³-hybridized carbons (Fsp3) is 0.526. The summed E-state index contributed by atoms with van der Waals surface area (Å²) in [4.78, 5) is 36.4. The number of hydrogen-bond donors (Lipinski definition) is 7. The van der Waals surface area contributed by atoms with Crippen molar-refractivity contribution in [1.82, 2.24) is 10.6 Å². The van der Waals surface area contributed by atoms with Crippen LogP contribution >= 0.6 is 0 Å². The van der Waals surface area contributed by atoms with E-state index in [9.17, 15) is 29.7 Å². The van der Waals surface area contributed by atoms with Gasteiger partial charge in [0.2, 0.25) is 11.8 Å². The number of phenolic OH excluding ortho intramolecular Hbond substituents is 1. The monoisotopic (exact) mass is 410 g/mol. The lowest BCUT2D eigenvalue weighted by Crippen LogP contribution is -2.56. The normalized spacial score (nSPS) is 15.0. The van der Waals surface area contributed by atoms with Crippen molar-refractivity contribution in [2.45, 2.75) is 56.8 Å². The maximum absolute atomic E-state index is 12.7. The Balaban J connectivity index is 2.86. The first-order valence-corrected chi connectivity index (χ1v) is 9.40. The van der Waals surface area contributed by atoms with Crippen LogP contribution in [0, 0.1) is 0 Å². The number of carboxylic acid groups (broad SMARTS) is 1. The van der Waals surface area contributed by atoms with Gasteiger partial charge < -0.3 is 37.4 Å². The van der Waals surface area contributed by atoms with Crippen LogP contribution < -0.4 is 22.1 Å². The molecule has 2 amide bonds. The van der Waals surface area contributed by atoms with Crippen molar-refractivity contribution >= 4 is 17.8 Å². The highest BCUT2D eigenvalue weighted by atomic mass is 16.4. The molecule has 0 aliphatic heterocycles. The SMILES string of the molecule is C[C@@H](O)[C@H](N)C(=O)N[C@@H](CCCCN)C(=O)N[C@@H](Cc1ccc(O)cc1)C(=O)O. The zero-order valence-electron chi connectivity index (χ0n) is 16.4. The Morgan fingerprint density at radius 2 is 1.62 bits per heavy atom. The molecule has 1 aromatic carbocycles. The minimum Gasteiger partial charge on any atom is -0.508 e. The van der Waals surface area contributed by atoms with Gasteiger partial charge in [-0.25, -0.2) is 4.79 Å². The summed E-state index contributed by atoms with van der Waals surface area (Å²) in [5.41, 5.74) is 11.7. The molecule has 9 N–H and O–H groups in total. The lowest BCUT2D eigenvalue weighted by atomic mass is 10.0. The van der Waals surface area contributed by atoms with E-state index in [0.717, 1.165) is 0 Å². The molecule has 10 nitrogen and oxygen atoms in total. The summed E-state index contributed by atoms with van der Waals surface area (Å²) in [5, 5.41) is 33.1. The number of benzene rings is 1. The molecule has 0 aliphatic carbocycles. The van der Waals surface area contributed by atoms with E-state index in [1.54, 1.807) is 12.1 Å². The first-order chi connectivity index (χ1) is 13.6. The maximum atomic E-state index is 12.7. The van der Waals surface area contributed by atoms with Gasteiger partial charge in [-0.3, -0.25) is 9.59 Å². The molecule has 4 atom stereocenters. The molecule has 0 bridgehead atoms. The van der Waals surface area contributed by atoms with Gasteiger partial charge in [0.05, 0.1) is 6.10 Å². The Bertz CT molecular complexity index is 680. The summed E-state index contributed by atoms with van der Waals surface area (Å²) < 4.78 is 0. The number of rotatable bonds is 12. The Morgan fingerprint density at radius 1 is 1.03 bits per heavy atom. The second kappa shape index (κ2) is 12.0. The maximum Gasteiger partial charge on any atom is 0.326 e. The Kier molecular flexibility index (Phi) is 10.1. The average molecular weight is 410 g/mol. The van der Waals surface area contributed by atoms with Gasteiger partial charge in [0.25, 0.3) is 0 Å². The number of phenols is 1. The molecule has 0 heterocycles. The minimum absolute atomic E-state index is 0.00198. The second-order valence-electron chi connectivity index (χ2n) is 6.88. The summed E-state index contributed by atoms with van der Waals surface area (Å²) in [7, 11) is 0. The number of carbonyl (C=O) groups excluding carboxylic acids is 2. The van der Waals surface area contributed by atoms with Crippen molar-refractivity contribution in [3.05, 3.63) is 29.8 Å². The summed E-state index contributed by atoms with van der Waals surface area (Å²) in [6.45, 7) is 1.76. The van der Waals surface area contributed by atoms with Crippen LogP contribution in [-0.2, 0) is 20.8 Å². The van der Waals surface area contributed by atoms with Crippen molar-refractivity contribution in [3.8, 4) is 5.75 Å². The van der Waals surface area contributed by atoms with Crippen molar-refractivity contribution < 1.29 is 29.7 Å². The number of nitrogens with two attached hydrogens (primary N) is 2. The van der Waals surface area contributed by atoms with E-state index < -0.39 is 42.0 Å². The van der Waals surface area contributed by atoms with Gasteiger partial charge in [-0.2, -0.15) is 0 Å². The highest BCUT2D eigenvalue weighted by Crippen LogP contribution is 2.12. The van der Waals surface area contributed by atoms with Gasteiger partial charge in [0, 0.05) is 6.42 Å². The average Bonchev–Trinajstić information content (AvgIpc) is 2.67. The van der Waals surface area contributed by atoms with Crippen molar-refractivity contribution in [1.29, 1.82) is 0 Å². The van der Waals surface area contributed by atoms with Gasteiger partial charge in [-0.15, -0.1) is 0 Å². The predicted octanol–water partition coefficient (Wildman–Crippen LogP) is -1.17. The van der Waals surface area contributed by atoms with E-state index in [1.165, 1.54) is 19.1 Å². The summed E-state index contributed by atoms with van der Waals surface area (Å²) in [6.07, 6.45) is 0.293. The lowest BCUT2D eigenvalue weighted by molar-refractivity contribution is -0.142. The van der Waals surface area contributed by atoms with Crippen LogP contribution in [0.1, 0.15) is 31.7 Å². The first kappa shape index (κ1) is 24.3. The van der Waals surface area contributed by atoms with Crippen LogP contribution in [0.15, 0.2) is 24.3 Å². The molecule has 10 heteroatoms. The van der Waals surface area contributed by atoms with E-state index in [0.29, 0.717) is 24.9 Å². The van der Waals surface area contributed by atoms with Crippen molar-refractivity contribution in [3.63, 3.8) is 0 Å². The largest absolute Gasteiger partial charge is 0.508 e. The predicted molar refractivity (Wildman–Crippen MR) is 106 cm³/mol. The summed E-state index contributed by atoms with van der Waals surface area (Å²) in [5.74, 6) is -2.57. The molecule has 0 spiro atoms.